The quantitative estimate of drug-likeness (QED) is 0.430. The Labute approximate surface area is 219 Å². The number of anilines is 2. The third kappa shape index (κ3) is 4.66. The summed E-state index contributed by atoms with van der Waals surface area (Å²) in [6.45, 7) is 8.12. The number of fused-ring (bicyclic) bond motifs is 1. The standard InChI is InChI=1S/C32H34N2O3/c1-20(35)34-28-9-7-6-8-26(28)33-27-18-23(21-12-16-25(37-5)17-13-21)19-29(36)30(27)31(34)22-10-14-24(15-11-22)32(2,3)4/h6-17,23,31,33H,18-19H2,1-5H3/t23-,31+/m1/s1. The molecular weight excluding hydrogens is 460 g/mol. The number of hydrogen-bond donors (Lipinski definition) is 1. The largest absolute Gasteiger partial charge is 0.497 e. The lowest BCUT2D eigenvalue weighted by Gasteiger charge is -2.35. The van der Waals surface area contributed by atoms with Gasteiger partial charge in [-0.1, -0.05) is 69.3 Å². The second kappa shape index (κ2) is 9.55. The number of rotatable bonds is 3. The molecule has 1 aliphatic heterocycles. The zero-order valence-electron chi connectivity index (χ0n) is 22.2. The maximum Gasteiger partial charge on any atom is 0.224 e. The Morgan fingerprint density at radius 1 is 0.919 bits per heavy atom. The van der Waals surface area contributed by atoms with Gasteiger partial charge in [-0.05, 0) is 58.7 Å². The van der Waals surface area contributed by atoms with Crippen molar-refractivity contribution in [2.24, 2.45) is 0 Å². The van der Waals surface area contributed by atoms with Crippen molar-refractivity contribution >= 4 is 23.1 Å². The summed E-state index contributed by atoms with van der Waals surface area (Å²) in [5, 5.41) is 3.57. The van der Waals surface area contributed by atoms with E-state index < -0.39 is 6.04 Å². The van der Waals surface area contributed by atoms with Crippen molar-refractivity contribution in [2.45, 2.75) is 57.9 Å². The van der Waals surface area contributed by atoms with E-state index in [0.717, 1.165) is 33.9 Å². The van der Waals surface area contributed by atoms with Crippen LogP contribution in [0, 0.1) is 0 Å². The molecule has 2 aliphatic rings. The number of para-hydroxylation sites is 2. The van der Waals surface area contributed by atoms with E-state index in [-0.39, 0.29) is 23.0 Å². The van der Waals surface area contributed by atoms with Gasteiger partial charge in [0.2, 0.25) is 5.91 Å². The third-order valence-corrected chi connectivity index (χ3v) is 7.51. The van der Waals surface area contributed by atoms with Gasteiger partial charge >= 0.3 is 0 Å². The molecule has 5 rings (SSSR count). The molecule has 5 heteroatoms. The van der Waals surface area contributed by atoms with E-state index in [2.05, 4.69) is 50.4 Å². The molecule has 3 aromatic carbocycles. The number of allylic oxidation sites excluding steroid dienone is 1. The molecule has 0 bridgehead atoms. The van der Waals surface area contributed by atoms with E-state index in [1.54, 1.807) is 18.9 Å². The van der Waals surface area contributed by atoms with Gasteiger partial charge in [0.25, 0.3) is 0 Å². The average molecular weight is 495 g/mol. The zero-order chi connectivity index (χ0) is 26.3. The van der Waals surface area contributed by atoms with Crippen LogP contribution >= 0.6 is 0 Å². The summed E-state index contributed by atoms with van der Waals surface area (Å²) in [6, 6.07) is 23.6. The Kier molecular flexibility index (Phi) is 6.40. The molecule has 0 fully saturated rings. The summed E-state index contributed by atoms with van der Waals surface area (Å²) in [6.07, 6.45) is 1.08. The molecular formula is C32H34N2O3. The summed E-state index contributed by atoms with van der Waals surface area (Å²) in [4.78, 5) is 28.9. The van der Waals surface area contributed by atoms with Gasteiger partial charge in [0, 0.05) is 24.6 Å². The predicted octanol–water partition coefficient (Wildman–Crippen LogP) is 6.91. The van der Waals surface area contributed by atoms with Crippen LogP contribution in [-0.4, -0.2) is 18.8 Å². The molecule has 0 unspecified atom stereocenters. The maximum atomic E-state index is 14.0. The fourth-order valence-corrected chi connectivity index (χ4v) is 5.53. The third-order valence-electron chi connectivity index (χ3n) is 7.51. The van der Waals surface area contributed by atoms with Crippen molar-refractivity contribution in [2.75, 3.05) is 17.3 Å². The number of carbonyl (C=O) groups is 2. The Morgan fingerprint density at radius 3 is 2.19 bits per heavy atom. The molecule has 1 heterocycles. The second-order valence-corrected chi connectivity index (χ2v) is 11.0. The van der Waals surface area contributed by atoms with Crippen LogP contribution in [0.2, 0.25) is 0 Å². The van der Waals surface area contributed by atoms with E-state index in [4.69, 9.17) is 4.74 Å². The molecule has 3 aromatic rings. The number of nitrogens with one attached hydrogen (secondary N) is 1. The smallest absolute Gasteiger partial charge is 0.224 e. The van der Waals surface area contributed by atoms with E-state index in [1.807, 2.05) is 48.5 Å². The first-order valence-electron chi connectivity index (χ1n) is 12.8. The first-order chi connectivity index (χ1) is 17.7. The van der Waals surface area contributed by atoms with Gasteiger partial charge in [-0.2, -0.15) is 0 Å². The maximum absolute atomic E-state index is 14.0. The number of methoxy groups -OCH3 is 1. The molecule has 0 aromatic heterocycles. The van der Waals surface area contributed by atoms with Crippen LogP contribution in [0.15, 0.2) is 84.1 Å². The van der Waals surface area contributed by atoms with Crippen LogP contribution < -0.4 is 15.0 Å². The molecule has 5 nitrogen and oxygen atoms in total. The van der Waals surface area contributed by atoms with Gasteiger partial charge in [0.1, 0.15) is 5.75 Å². The van der Waals surface area contributed by atoms with E-state index in [0.29, 0.717) is 18.4 Å². The van der Waals surface area contributed by atoms with Crippen molar-refractivity contribution in [1.29, 1.82) is 0 Å². The topological polar surface area (TPSA) is 58.6 Å². The Balaban J connectivity index is 1.65. The molecule has 0 saturated carbocycles. The zero-order valence-corrected chi connectivity index (χ0v) is 22.2. The first-order valence-corrected chi connectivity index (χ1v) is 12.8. The average Bonchev–Trinajstić information content (AvgIpc) is 3.03. The Hall–Kier alpha value is -3.86. The van der Waals surface area contributed by atoms with Crippen LogP contribution in [0.25, 0.3) is 0 Å². The normalized spacial score (nSPS) is 19.5. The molecule has 37 heavy (non-hydrogen) atoms. The predicted molar refractivity (Wildman–Crippen MR) is 148 cm³/mol. The highest BCUT2D eigenvalue weighted by molar-refractivity contribution is 6.06. The minimum absolute atomic E-state index is 0.00702. The summed E-state index contributed by atoms with van der Waals surface area (Å²) in [5.41, 5.74) is 6.44. The second-order valence-electron chi connectivity index (χ2n) is 11.0. The minimum Gasteiger partial charge on any atom is -0.497 e. The molecule has 190 valence electrons. The van der Waals surface area contributed by atoms with Gasteiger partial charge < -0.3 is 10.1 Å². The van der Waals surface area contributed by atoms with Crippen LogP contribution in [-0.2, 0) is 15.0 Å². The van der Waals surface area contributed by atoms with Crippen LogP contribution in [0.5, 0.6) is 5.75 Å². The Bertz CT molecular complexity index is 1360. The van der Waals surface area contributed by atoms with Gasteiger partial charge in [0.05, 0.1) is 24.5 Å². The number of carbonyl (C=O) groups excluding carboxylic acids is 2. The molecule has 0 spiro atoms. The fraction of sp³-hybridized carbons (Fsp3) is 0.312. The first kappa shape index (κ1) is 24.8. The molecule has 2 atom stereocenters. The summed E-state index contributed by atoms with van der Waals surface area (Å²) < 4.78 is 5.32. The van der Waals surface area contributed by atoms with E-state index in [9.17, 15) is 9.59 Å². The lowest BCUT2D eigenvalue weighted by atomic mass is 9.77. The highest BCUT2D eigenvalue weighted by atomic mass is 16.5. The molecule has 1 N–H and O–H groups in total. The minimum atomic E-state index is -0.498. The van der Waals surface area contributed by atoms with Crippen molar-refractivity contribution in [3.63, 3.8) is 0 Å². The highest BCUT2D eigenvalue weighted by Gasteiger charge is 2.40. The number of ketones is 1. The fourth-order valence-electron chi connectivity index (χ4n) is 5.53. The van der Waals surface area contributed by atoms with Gasteiger partial charge in [-0.25, -0.2) is 0 Å². The monoisotopic (exact) mass is 494 g/mol. The highest BCUT2D eigenvalue weighted by Crippen LogP contribution is 2.47. The van der Waals surface area contributed by atoms with Crippen molar-refractivity contribution in [1.82, 2.24) is 0 Å². The molecule has 1 amide bonds. The van der Waals surface area contributed by atoms with Crippen molar-refractivity contribution < 1.29 is 14.3 Å². The lowest BCUT2D eigenvalue weighted by molar-refractivity contribution is -0.117. The van der Waals surface area contributed by atoms with Gasteiger partial charge in [0.15, 0.2) is 5.78 Å². The van der Waals surface area contributed by atoms with Crippen molar-refractivity contribution in [3.8, 4) is 5.75 Å². The number of nitrogens with zero attached hydrogens (tertiary/aromatic N) is 1. The lowest BCUT2D eigenvalue weighted by Crippen LogP contribution is -2.37. The number of Topliss-reactive ketones (excluding diaryl/α,β-unsaturated/α-hetero) is 1. The summed E-state index contributed by atoms with van der Waals surface area (Å²) >= 11 is 0. The van der Waals surface area contributed by atoms with Crippen LogP contribution in [0.3, 0.4) is 0 Å². The molecule has 0 saturated heterocycles. The molecule has 0 radical (unpaired) electrons. The summed E-state index contributed by atoms with van der Waals surface area (Å²) in [5.74, 6) is 0.810. The number of amides is 1. The van der Waals surface area contributed by atoms with Crippen molar-refractivity contribution in [3.05, 3.63) is 101 Å². The SMILES string of the molecule is COc1ccc([C@H]2CC(=O)C3=C(C2)Nc2ccccc2N(C(C)=O)[C@H]3c2ccc(C(C)(C)C)cc2)cc1. The van der Waals surface area contributed by atoms with Crippen LogP contribution in [0.4, 0.5) is 11.4 Å². The number of benzene rings is 3. The molecule has 1 aliphatic carbocycles. The summed E-state index contributed by atoms with van der Waals surface area (Å²) in [7, 11) is 1.65. The van der Waals surface area contributed by atoms with E-state index >= 15 is 0 Å². The number of ether oxygens (including phenoxy) is 1. The Morgan fingerprint density at radius 2 is 1.57 bits per heavy atom. The van der Waals surface area contributed by atoms with E-state index in [1.165, 1.54) is 5.56 Å². The number of hydrogen-bond acceptors (Lipinski definition) is 4. The van der Waals surface area contributed by atoms with Gasteiger partial charge in [-0.15, -0.1) is 0 Å². The van der Waals surface area contributed by atoms with Crippen LogP contribution in [0.1, 0.15) is 69.2 Å². The van der Waals surface area contributed by atoms with Gasteiger partial charge in [-0.3, -0.25) is 14.5 Å².